The molecule has 0 saturated carbocycles. The van der Waals surface area contributed by atoms with Gasteiger partial charge in [-0.3, -0.25) is 37.3 Å². The number of phosphoric acid groups is 2. The molecule has 0 radical (unpaired) electrons. The summed E-state index contributed by atoms with van der Waals surface area (Å²) >= 11 is 0. The first kappa shape index (κ1) is 98.0. The molecule has 0 aromatic rings. The largest absolute Gasteiger partial charge is 0.472 e. The molecule has 102 heavy (non-hydrogen) atoms. The number of hydrogen-bond acceptors (Lipinski definition) is 15. The molecule has 0 aromatic heterocycles. The van der Waals surface area contributed by atoms with E-state index in [-0.39, 0.29) is 25.7 Å². The van der Waals surface area contributed by atoms with Gasteiger partial charge in [0.25, 0.3) is 0 Å². The molecule has 17 nitrogen and oxygen atoms in total. The van der Waals surface area contributed by atoms with Crippen LogP contribution in [-0.4, -0.2) is 96.7 Å². The lowest BCUT2D eigenvalue weighted by Gasteiger charge is -2.21. The molecule has 0 aliphatic rings. The number of rotatable bonds is 76. The molecule has 0 spiro atoms. The topological polar surface area (TPSA) is 237 Å². The van der Waals surface area contributed by atoms with Gasteiger partial charge in [-0.2, -0.15) is 0 Å². The van der Waals surface area contributed by atoms with E-state index in [1.807, 2.05) is 0 Å². The Labute approximate surface area is 620 Å². The molecule has 0 bridgehead atoms. The summed E-state index contributed by atoms with van der Waals surface area (Å²) in [5, 5.41) is 10.6. The van der Waals surface area contributed by atoms with Gasteiger partial charge in [0.15, 0.2) is 12.2 Å². The predicted molar refractivity (Wildman–Crippen MR) is 418 cm³/mol. The Kier molecular flexibility index (Phi) is 72.3. The van der Waals surface area contributed by atoms with E-state index in [1.165, 1.54) is 83.5 Å². The highest BCUT2D eigenvalue weighted by molar-refractivity contribution is 7.47. The van der Waals surface area contributed by atoms with Crippen LogP contribution in [0.25, 0.3) is 0 Å². The number of allylic oxidation sites excluding steroid dienone is 16. The Morgan fingerprint density at radius 2 is 0.510 bits per heavy atom. The summed E-state index contributed by atoms with van der Waals surface area (Å²) in [4.78, 5) is 73.1. The lowest BCUT2D eigenvalue weighted by molar-refractivity contribution is -0.161. The smallest absolute Gasteiger partial charge is 0.462 e. The zero-order valence-corrected chi connectivity index (χ0v) is 66.3. The molecule has 19 heteroatoms. The number of phosphoric ester groups is 2. The number of carbonyl (C=O) groups excluding carboxylic acids is 4. The van der Waals surface area contributed by atoms with Crippen molar-refractivity contribution in [1.29, 1.82) is 0 Å². The standard InChI is InChI=1S/C83H146O17P2/c1-5-9-13-17-21-25-29-33-37-38-42-44-48-52-56-60-64-68-81(86)94-74-79(100-83(88)70-66-62-58-54-50-46-41-36-32-28-24-20-16-12-8-4)76-98-102(91,92)96-72-77(84)71-95-101(89,90)97-75-78(99-82(87)69-65-61-57-53-49-45-40-35-31-27-23-19-15-11-7-3)73-93-80(85)67-63-59-55-51-47-43-39-34-30-26-22-18-14-10-6-2/h9,12-13,16,21-22,24-26,28,33-34,36-37,39,41,77-79,84H,5-8,10-11,14-15,17-20,23,27,29-32,35,38,40,42-76H2,1-4H3,(H,89,90)(H,91,92)/b13-9-,16-12-,25-21-,26-22-,28-24-,37-33-,39-34-,41-36-. The first-order valence-electron chi connectivity index (χ1n) is 40.5. The fraction of sp³-hybridized carbons (Fsp3) is 0.759. The van der Waals surface area contributed by atoms with Crippen molar-refractivity contribution in [1.82, 2.24) is 0 Å². The second-order valence-electron chi connectivity index (χ2n) is 27.0. The van der Waals surface area contributed by atoms with E-state index in [2.05, 4.69) is 125 Å². The van der Waals surface area contributed by atoms with Crippen LogP contribution in [0.4, 0.5) is 0 Å². The zero-order chi connectivity index (χ0) is 74.6. The van der Waals surface area contributed by atoms with E-state index in [9.17, 15) is 43.2 Å². The van der Waals surface area contributed by atoms with E-state index >= 15 is 0 Å². The van der Waals surface area contributed by atoms with Crippen molar-refractivity contribution >= 4 is 39.5 Å². The van der Waals surface area contributed by atoms with Crippen molar-refractivity contribution in [2.24, 2.45) is 0 Å². The maximum Gasteiger partial charge on any atom is 0.472 e. The predicted octanol–water partition coefficient (Wildman–Crippen LogP) is 23.6. The SMILES string of the molecule is CC/C=C\C/C=C\C/C=C\CCCCCCCCCC(=O)OCC(COP(=O)(O)OCC(O)COP(=O)(O)OCC(COC(=O)CCCCCCC/C=C\C/C=C\CCCCC)OC(=O)CCCCCCCCCCCCCCCCC)OC(=O)CCCCCCC/C=C\C/C=C\C/C=C\CC. The number of ether oxygens (including phenoxy) is 4. The maximum absolute atomic E-state index is 13.1. The van der Waals surface area contributed by atoms with E-state index in [0.29, 0.717) is 25.7 Å². The van der Waals surface area contributed by atoms with E-state index in [0.717, 1.165) is 186 Å². The summed E-state index contributed by atoms with van der Waals surface area (Å²) < 4.78 is 68.6. The number of carbonyl (C=O) groups is 4. The fourth-order valence-corrected chi connectivity index (χ4v) is 12.5. The molecule has 3 N–H and O–H groups in total. The van der Waals surface area contributed by atoms with Gasteiger partial charge in [-0.1, -0.05) is 298 Å². The first-order valence-corrected chi connectivity index (χ1v) is 43.5. The molecule has 0 fully saturated rings. The van der Waals surface area contributed by atoms with Crippen LogP contribution in [0.1, 0.15) is 349 Å². The van der Waals surface area contributed by atoms with Crippen LogP contribution in [-0.2, 0) is 65.4 Å². The second kappa shape index (κ2) is 75.2. The van der Waals surface area contributed by atoms with Gasteiger partial charge >= 0.3 is 39.5 Å². The van der Waals surface area contributed by atoms with E-state index in [1.54, 1.807) is 0 Å². The average molecular weight is 1480 g/mol. The minimum absolute atomic E-state index is 0.0732. The molecule has 0 saturated heterocycles. The number of aliphatic hydroxyl groups is 1. The number of unbranched alkanes of at least 4 members (excludes halogenated alkanes) is 34. The van der Waals surface area contributed by atoms with E-state index in [4.69, 9.17) is 37.0 Å². The van der Waals surface area contributed by atoms with Crippen LogP contribution in [0.3, 0.4) is 0 Å². The molecule has 0 amide bonds. The third-order valence-corrected chi connectivity index (χ3v) is 18.9. The highest BCUT2D eigenvalue weighted by atomic mass is 31.2. The maximum atomic E-state index is 13.1. The second-order valence-corrected chi connectivity index (χ2v) is 29.9. The van der Waals surface area contributed by atoms with Crippen molar-refractivity contribution in [3.05, 3.63) is 97.2 Å². The van der Waals surface area contributed by atoms with Crippen molar-refractivity contribution in [3.63, 3.8) is 0 Å². The molecule has 0 aliphatic heterocycles. The Morgan fingerprint density at radius 3 is 0.804 bits per heavy atom. The Balaban J connectivity index is 5.37. The van der Waals surface area contributed by atoms with Gasteiger partial charge in [-0.15, -0.1) is 0 Å². The highest BCUT2D eigenvalue weighted by Crippen LogP contribution is 2.45. The molecule has 5 atom stereocenters. The Bertz CT molecular complexity index is 2310. The molecule has 0 heterocycles. The number of aliphatic hydroxyl groups excluding tert-OH is 1. The minimum atomic E-state index is -4.98. The molecule has 5 unspecified atom stereocenters. The van der Waals surface area contributed by atoms with Gasteiger partial charge < -0.3 is 33.8 Å². The monoisotopic (exact) mass is 1480 g/mol. The third-order valence-electron chi connectivity index (χ3n) is 17.0. The van der Waals surface area contributed by atoms with Crippen molar-refractivity contribution in [2.75, 3.05) is 39.6 Å². The summed E-state index contributed by atoms with van der Waals surface area (Å²) in [6, 6.07) is 0. The van der Waals surface area contributed by atoms with Crippen LogP contribution in [0.15, 0.2) is 97.2 Å². The van der Waals surface area contributed by atoms with Gasteiger partial charge in [0.2, 0.25) is 0 Å². The molecule has 590 valence electrons. The van der Waals surface area contributed by atoms with Crippen LogP contribution in [0, 0.1) is 0 Å². The summed E-state index contributed by atoms with van der Waals surface area (Å²) in [6.45, 7) is 4.64. The van der Waals surface area contributed by atoms with Crippen molar-refractivity contribution in [3.8, 4) is 0 Å². The average Bonchev–Trinajstić information content (AvgIpc) is 0.923. The highest BCUT2D eigenvalue weighted by Gasteiger charge is 2.30. The first-order chi connectivity index (χ1) is 49.7. The fourth-order valence-electron chi connectivity index (χ4n) is 10.9. The lowest BCUT2D eigenvalue weighted by Crippen LogP contribution is -2.30. The summed E-state index contributed by atoms with van der Waals surface area (Å²) in [7, 11) is -9.96. The van der Waals surface area contributed by atoms with Gasteiger partial charge in [-0.25, -0.2) is 9.13 Å². The molecular formula is C83H146O17P2. The summed E-state index contributed by atoms with van der Waals surface area (Å²) in [5.41, 5.74) is 0. The number of esters is 4. The minimum Gasteiger partial charge on any atom is -0.462 e. The molecule has 0 rings (SSSR count). The van der Waals surface area contributed by atoms with Crippen LogP contribution >= 0.6 is 15.6 Å². The van der Waals surface area contributed by atoms with Gasteiger partial charge in [0.05, 0.1) is 26.4 Å². The lowest BCUT2D eigenvalue weighted by atomic mass is 10.0. The van der Waals surface area contributed by atoms with Gasteiger partial charge in [0.1, 0.15) is 19.3 Å². The van der Waals surface area contributed by atoms with Gasteiger partial charge in [-0.05, 0) is 122 Å². The number of hydrogen-bond donors (Lipinski definition) is 3. The van der Waals surface area contributed by atoms with Crippen LogP contribution < -0.4 is 0 Å². The van der Waals surface area contributed by atoms with E-state index < -0.39 is 97.5 Å². The van der Waals surface area contributed by atoms with Gasteiger partial charge in [0, 0.05) is 25.7 Å². The molecule has 0 aromatic carbocycles. The third kappa shape index (κ3) is 74.3. The van der Waals surface area contributed by atoms with Crippen LogP contribution in [0.2, 0.25) is 0 Å². The Hall–Kier alpha value is -4.02. The zero-order valence-electron chi connectivity index (χ0n) is 64.5. The molecular weight excluding hydrogens is 1330 g/mol. The van der Waals surface area contributed by atoms with Crippen LogP contribution in [0.5, 0.6) is 0 Å². The Morgan fingerprint density at radius 1 is 0.284 bits per heavy atom. The van der Waals surface area contributed by atoms with Crippen molar-refractivity contribution in [2.45, 2.75) is 367 Å². The summed E-state index contributed by atoms with van der Waals surface area (Å²) in [5.74, 6) is -2.20. The molecule has 0 aliphatic carbocycles. The normalized spacial score (nSPS) is 14.4. The van der Waals surface area contributed by atoms with Crippen molar-refractivity contribution < 1.29 is 80.2 Å². The summed E-state index contributed by atoms with van der Waals surface area (Å²) in [6.07, 6.45) is 79.5. The quantitative estimate of drug-likeness (QED) is 0.0169.